The van der Waals surface area contributed by atoms with Gasteiger partial charge in [0.25, 0.3) is 11.6 Å². The standard InChI is InChI=1S/C21H14BrN3O3S/c1-12-2-9-17-19(10-12)29-21(24-17)13-3-6-15(7-4-13)23-20(26)14-5-8-16(22)18(11-14)25(27)28/h2-11H,1H3,(H,23,26). The van der Waals surface area contributed by atoms with Crippen LogP contribution in [0.1, 0.15) is 15.9 Å². The van der Waals surface area contributed by atoms with Crippen LogP contribution in [0.2, 0.25) is 0 Å². The Morgan fingerprint density at radius 2 is 1.86 bits per heavy atom. The second-order valence-corrected chi connectivity index (χ2v) is 8.33. The number of nitro benzene ring substituents is 1. The van der Waals surface area contributed by atoms with E-state index in [1.165, 1.54) is 23.8 Å². The fourth-order valence-corrected chi connectivity index (χ4v) is 4.31. The van der Waals surface area contributed by atoms with Gasteiger partial charge in [-0.2, -0.15) is 0 Å². The molecule has 0 radical (unpaired) electrons. The third-order valence-electron chi connectivity index (χ3n) is 4.34. The lowest BCUT2D eigenvalue weighted by atomic mass is 10.1. The quantitative estimate of drug-likeness (QED) is 0.286. The maximum Gasteiger partial charge on any atom is 0.284 e. The molecule has 29 heavy (non-hydrogen) atoms. The van der Waals surface area contributed by atoms with Crippen LogP contribution in [0.4, 0.5) is 11.4 Å². The molecular weight excluding hydrogens is 454 g/mol. The van der Waals surface area contributed by atoms with Crippen LogP contribution < -0.4 is 5.32 Å². The first-order chi connectivity index (χ1) is 13.9. The average molecular weight is 468 g/mol. The lowest BCUT2D eigenvalue weighted by Gasteiger charge is -2.06. The van der Waals surface area contributed by atoms with E-state index in [2.05, 4.69) is 39.2 Å². The summed E-state index contributed by atoms with van der Waals surface area (Å²) in [5.74, 6) is -0.413. The van der Waals surface area contributed by atoms with Gasteiger partial charge in [-0.3, -0.25) is 14.9 Å². The predicted octanol–water partition coefficient (Wildman–Crippen LogP) is 6.19. The number of carbonyl (C=O) groups excluding carboxylic acids is 1. The van der Waals surface area contributed by atoms with Gasteiger partial charge in [-0.25, -0.2) is 4.98 Å². The smallest absolute Gasteiger partial charge is 0.284 e. The van der Waals surface area contributed by atoms with Crippen molar-refractivity contribution in [3.8, 4) is 10.6 Å². The minimum atomic E-state index is -0.533. The Bertz CT molecular complexity index is 1250. The number of nitrogens with zero attached hydrogens (tertiary/aromatic N) is 2. The molecule has 3 aromatic carbocycles. The summed E-state index contributed by atoms with van der Waals surface area (Å²) >= 11 is 4.74. The first-order valence-corrected chi connectivity index (χ1v) is 10.2. The lowest BCUT2D eigenvalue weighted by Crippen LogP contribution is -2.12. The molecule has 4 rings (SSSR count). The molecule has 8 heteroatoms. The third kappa shape index (κ3) is 4.03. The number of amides is 1. The summed E-state index contributed by atoms with van der Waals surface area (Å²) in [6.45, 7) is 2.05. The van der Waals surface area contributed by atoms with Crippen molar-refractivity contribution in [1.29, 1.82) is 0 Å². The number of benzene rings is 3. The molecule has 1 aromatic heterocycles. The second kappa shape index (κ2) is 7.73. The molecular formula is C21H14BrN3O3S. The van der Waals surface area contributed by atoms with E-state index in [4.69, 9.17) is 0 Å². The van der Waals surface area contributed by atoms with Gasteiger partial charge in [-0.15, -0.1) is 11.3 Å². The summed E-state index contributed by atoms with van der Waals surface area (Å²) in [5, 5.41) is 14.7. The fourth-order valence-electron chi connectivity index (χ4n) is 2.85. The highest BCUT2D eigenvalue weighted by Gasteiger charge is 2.16. The van der Waals surface area contributed by atoms with Crippen LogP contribution in [0.25, 0.3) is 20.8 Å². The van der Waals surface area contributed by atoms with E-state index < -0.39 is 10.8 Å². The molecule has 0 atom stereocenters. The number of carbonyl (C=O) groups is 1. The number of halogens is 1. The number of fused-ring (bicyclic) bond motifs is 1. The van der Waals surface area contributed by atoms with Crippen molar-refractivity contribution in [1.82, 2.24) is 4.98 Å². The molecule has 0 fully saturated rings. The summed E-state index contributed by atoms with van der Waals surface area (Å²) < 4.78 is 1.46. The number of hydrogen-bond donors (Lipinski definition) is 1. The second-order valence-electron chi connectivity index (χ2n) is 6.44. The number of anilines is 1. The molecule has 0 aliphatic heterocycles. The number of aryl methyl sites for hydroxylation is 1. The Morgan fingerprint density at radius 3 is 2.59 bits per heavy atom. The summed E-state index contributed by atoms with van der Waals surface area (Å²) in [6.07, 6.45) is 0. The molecule has 1 heterocycles. The Morgan fingerprint density at radius 1 is 1.10 bits per heavy atom. The Balaban J connectivity index is 1.54. The molecule has 1 N–H and O–H groups in total. The van der Waals surface area contributed by atoms with Crippen LogP contribution in [0.15, 0.2) is 65.1 Å². The largest absolute Gasteiger partial charge is 0.322 e. The van der Waals surface area contributed by atoms with E-state index in [0.717, 1.165) is 20.8 Å². The number of aromatic nitrogens is 1. The zero-order valence-corrected chi connectivity index (χ0v) is 17.6. The van der Waals surface area contributed by atoms with Gasteiger partial charge in [0.05, 0.1) is 19.6 Å². The van der Waals surface area contributed by atoms with Crippen LogP contribution in [0.5, 0.6) is 0 Å². The fraction of sp³-hybridized carbons (Fsp3) is 0.0476. The number of thiazole rings is 1. The maximum absolute atomic E-state index is 12.4. The summed E-state index contributed by atoms with van der Waals surface area (Å²) in [6, 6.07) is 17.8. The van der Waals surface area contributed by atoms with E-state index in [0.29, 0.717) is 10.2 Å². The van der Waals surface area contributed by atoms with Crippen molar-refractivity contribution in [2.24, 2.45) is 0 Å². The van der Waals surface area contributed by atoms with Crippen LogP contribution in [0.3, 0.4) is 0 Å². The van der Waals surface area contributed by atoms with E-state index in [-0.39, 0.29) is 11.3 Å². The molecule has 0 unspecified atom stereocenters. The van der Waals surface area contributed by atoms with Gasteiger partial charge in [0.15, 0.2) is 0 Å². The molecule has 1 amide bonds. The van der Waals surface area contributed by atoms with Crippen molar-refractivity contribution in [2.75, 3.05) is 5.32 Å². The van der Waals surface area contributed by atoms with E-state index in [1.54, 1.807) is 23.5 Å². The van der Waals surface area contributed by atoms with Crippen molar-refractivity contribution < 1.29 is 9.72 Å². The molecule has 0 saturated heterocycles. The zero-order valence-electron chi connectivity index (χ0n) is 15.2. The average Bonchev–Trinajstić information content (AvgIpc) is 3.11. The molecule has 0 spiro atoms. The van der Waals surface area contributed by atoms with E-state index >= 15 is 0 Å². The predicted molar refractivity (Wildman–Crippen MR) is 119 cm³/mol. The normalized spacial score (nSPS) is 10.8. The SMILES string of the molecule is Cc1ccc2nc(-c3ccc(NC(=O)c4ccc(Br)c([N+](=O)[O-])c4)cc3)sc2c1. The van der Waals surface area contributed by atoms with Gasteiger partial charge in [0.1, 0.15) is 5.01 Å². The van der Waals surface area contributed by atoms with Crippen molar-refractivity contribution in [3.05, 3.63) is 86.4 Å². The van der Waals surface area contributed by atoms with Gasteiger partial charge in [-0.05, 0) is 76.9 Å². The van der Waals surface area contributed by atoms with Crippen LogP contribution in [-0.4, -0.2) is 15.8 Å². The lowest BCUT2D eigenvalue weighted by molar-refractivity contribution is -0.385. The van der Waals surface area contributed by atoms with Crippen LogP contribution in [-0.2, 0) is 0 Å². The van der Waals surface area contributed by atoms with Gasteiger partial charge >= 0.3 is 0 Å². The molecule has 0 aliphatic rings. The van der Waals surface area contributed by atoms with Gasteiger partial charge in [-0.1, -0.05) is 6.07 Å². The number of rotatable bonds is 4. The summed E-state index contributed by atoms with van der Waals surface area (Å²) in [4.78, 5) is 27.6. The van der Waals surface area contributed by atoms with Gasteiger partial charge in [0, 0.05) is 22.9 Å². The number of nitro groups is 1. The number of nitrogens with one attached hydrogen (secondary N) is 1. The first kappa shape index (κ1) is 19.2. The summed E-state index contributed by atoms with van der Waals surface area (Å²) in [7, 11) is 0. The molecule has 0 bridgehead atoms. The zero-order chi connectivity index (χ0) is 20.5. The molecule has 0 saturated carbocycles. The van der Waals surface area contributed by atoms with E-state index in [1.807, 2.05) is 24.3 Å². The minimum absolute atomic E-state index is 0.154. The van der Waals surface area contributed by atoms with Gasteiger partial charge in [0.2, 0.25) is 0 Å². The first-order valence-electron chi connectivity index (χ1n) is 8.63. The maximum atomic E-state index is 12.4. The molecule has 144 valence electrons. The van der Waals surface area contributed by atoms with Gasteiger partial charge < -0.3 is 5.32 Å². The van der Waals surface area contributed by atoms with Crippen molar-refractivity contribution in [2.45, 2.75) is 6.92 Å². The number of hydrogen-bond acceptors (Lipinski definition) is 5. The molecule has 6 nitrogen and oxygen atoms in total. The van der Waals surface area contributed by atoms with Crippen LogP contribution in [0, 0.1) is 17.0 Å². The monoisotopic (exact) mass is 467 g/mol. The topological polar surface area (TPSA) is 85.1 Å². The van der Waals surface area contributed by atoms with Crippen molar-refractivity contribution in [3.63, 3.8) is 0 Å². The molecule has 0 aliphatic carbocycles. The van der Waals surface area contributed by atoms with Crippen LogP contribution >= 0.6 is 27.3 Å². The Hall–Kier alpha value is -3.10. The highest BCUT2D eigenvalue weighted by atomic mass is 79.9. The van der Waals surface area contributed by atoms with E-state index in [9.17, 15) is 14.9 Å². The third-order valence-corrected chi connectivity index (χ3v) is 6.08. The highest BCUT2D eigenvalue weighted by Crippen LogP contribution is 2.31. The summed E-state index contributed by atoms with van der Waals surface area (Å²) in [5.41, 5.74) is 3.77. The van der Waals surface area contributed by atoms with Crippen molar-refractivity contribution >= 4 is 54.8 Å². The Labute approximate surface area is 178 Å². The highest BCUT2D eigenvalue weighted by molar-refractivity contribution is 9.10. The molecule has 4 aromatic rings. The Kier molecular flexibility index (Phi) is 5.12. The minimum Gasteiger partial charge on any atom is -0.322 e.